The van der Waals surface area contributed by atoms with Crippen molar-refractivity contribution in [3.8, 4) is 17.6 Å². The predicted molar refractivity (Wildman–Crippen MR) is 114 cm³/mol. The summed E-state index contributed by atoms with van der Waals surface area (Å²) in [5.74, 6) is -0.506. The summed E-state index contributed by atoms with van der Waals surface area (Å²) in [5.41, 5.74) is 0.324. The molecule has 2 heterocycles. The van der Waals surface area contributed by atoms with Crippen molar-refractivity contribution in [1.82, 2.24) is 4.90 Å². The number of nitro benzene ring substituents is 1. The van der Waals surface area contributed by atoms with E-state index in [1.165, 1.54) is 25.2 Å². The van der Waals surface area contributed by atoms with Crippen LogP contribution in [0.5, 0.6) is 11.5 Å². The average Bonchev–Trinajstić information content (AvgIpc) is 3.13. The first-order chi connectivity index (χ1) is 15.3. The summed E-state index contributed by atoms with van der Waals surface area (Å²) in [5, 5.41) is 24.0. The van der Waals surface area contributed by atoms with Crippen molar-refractivity contribution in [2.24, 2.45) is 0 Å². The molecule has 0 aliphatic carbocycles. The molecule has 0 atom stereocenters. The summed E-state index contributed by atoms with van der Waals surface area (Å²) in [6.45, 7) is 2.60. The highest BCUT2D eigenvalue weighted by atomic mass is 32.1. The lowest BCUT2D eigenvalue weighted by Crippen LogP contribution is -2.35. The first kappa shape index (κ1) is 22.8. The number of ether oxygens (including phenoxy) is 3. The number of carbonyl (C=O) groups is 2. The molecule has 1 N–H and O–H groups in total. The van der Waals surface area contributed by atoms with Crippen LogP contribution < -0.4 is 14.8 Å². The third kappa shape index (κ3) is 4.28. The van der Waals surface area contributed by atoms with E-state index in [4.69, 9.17) is 14.2 Å². The lowest BCUT2D eigenvalue weighted by atomic mass is 10.0. The monoisotopic (exact) mass is 460 g/mol. The second-order valence-corrected chi connectivity index (χ2v) is 7.73. The molecule has 0 fully saturated rings. The van der Waals surface area contributed by atoms with Crippen LogP contribution in [0.15, 0.2) is 12.1 Å². The van der Waals surface area contributed by atoms with Gasteiger partial charge in [0.15, 0.2) is 11.5 Å². The topological polar surface area (TPSA) is 144 Å². The summed E-state index contributed by atoms with van der Waals surface area (Å²) in [7, 11) is 2.68. The van der Waals surface area contributed by atoms with Gasteiger partial charge in [0.05, 0.1) is 43.9 Å². The van der Waals surface area contributed by atoms with Gasteiger partial charge in [-0.3, -0.25) is 14.9 Å². The van der Waals surface area contributed by atoms with Crippen LogP contribution in [-0.2, 0) is 17.7 Å². The highest BCUT2D eigenvalue weighted by Gasteiger charge is 2.30. The number of nitrogens with zero attached hydrogens (tertiary/aromatic N) is 3. The van der Waals surface area contributed by atoms with E-state index >= 15 is 0 Å². The zero-order valence-corrected chi connectivity index (χ0v) is 18.4. The van der Waals surface area contributed by atoms with Crippen molar-refractivity contribution in [2.45, 2.75) is 19.9 Å². The van der Waals surface area contributed by atoms with Crippen molar-refractivity contribution >= 4 is 34.0 Å². The molecule has 0 unspecified atom stereocenters. The quantitative estimate of drug-likeness (QED) is 0.511. The van der Waals surface area contributed by atoms with Crippen LogP contribution in [-0.4, -0.2) is 49.2 Å². The Kier molecular flexibility index (Phi) is 6.79. The number of nitriles is 1. The van der Waals surface area contributed by atoms with E-state index in [9.17, 15) is 25.0 Å². The second kappa shape index (κ2) is 9.52. The van der Waals surface area contributed by atoms with E-state index in [-0.39, 0.29) is 40.8 Å². The number of amides is 2. The van der Waals surface area contributed by atoms with Crippen molar-refractivity contribution < 1.29 is 28.7 Å². The van der Waals surface area contributed by atoms with E-state index < -0.39 is 22.6 Å². The molecule has 1 aliphatic heterocycles. The number of benzene rings is 1. The molecule has 0 saturated carbocycles. The summed E-state index contributed by atoms with van der Waals surface area (Å²) in [4.78, 5) is 38.1. The Labute approximate surface area is 187 Å². The predicted octanol–water partition coefficient (Wildman–Crippen LogP) is 3.31. The molecule has 11 nitrogen and oxygen atoms in total. The molecule has 1 aromatic carbocycles. The van der Waals surface area contributed by atoms with Crippen LogP contribution >= 0.6 is 11.3 Å². The summed E-state index contributed by atoms with van der Waals surface area (Å²) in [6, 6.07) is 4.41. The number of carbonyl (C=O) groups excluding carboxylic acids is 2. The number of thiophene rings is 1. The number of fused-ring (bicyclic) bond motifs is 1. The molecule has 12 heteroatoms. The first-order valence-electron chi connectivity index (χ1n) is 9.52. The van der Waals surface area contributed by atoms with E-state index in [1.54, 1.807) is 6.92 Å². The summed E-state index contributed by atoms with van der Waals surface area (Å²) < 4.78 is 15.3. The maximum Gasteiger partial charge on any atom is 0.410 e. The third-order valence-corrected chi connectivity index (χ3v) is 6.00. The molecule has 0 spiro atoms. The van der Waals surface area contributed by atoms with Crippen LogP contribution in [0.2, 0.25) is 0 Å². The summed E-state index contributed by atoms with van der Waals surface area (Å²) >= 11 is 1.15. The minimum absolute atomic E-state index is 0.110. The largest absolute Gasteiger partial charge is 0.493 e. The van der Waals surface area contributed by atoms with Crippen molar-refractivity contribution in [2.75, 3.05) is 32.7 Å². The van der Waals surface area contributed by atoms with Gasteiger partial charge >= 0.3 is 6.09 Å². The molecule has 0 radical (unpaired) electrons. The minimum atomic E-state index is -0.769. The van der Waals surface area contributed by atoms with Crippen molar-refractivity contribution in [3.63, 3.8) is 0 Å². The molecule has 1 aliphatic rings. The SMILES string of the molecule is CCOC(=O)N1CCc2c(sc(NC(=O)c3cc(OC)c(OC)cc3[N+](=O)[O-])c2C#N)C1. The Morgan fingerprint density at radius 2 is 2.00 bits per heavy atom. The number of anilines is 1. The molecular formula is C20H20N4O7S. The van der Waals surface area contributed by atoms with Gasteiger partial charge in [-0.25, -0.2) is 4.79 Å². The van der Waals surface area contributed by atoms with E-state index in [2.05, 4.69) is 11.4 Å². The van der Waals surface area contributed by atoms with Gasteiger partial charge in [0.1, 0.15) is 16.6 Å². The normalized spacial score (nSPS) is 12.4. The van der Waals surface area contributed by atoms with Crippen molar-refractivity contribution in [1.29, 1.82) is 5.26 Å². The highest BCUT2D eigenvalue weighted by molar-refractivity contribution is 7.16. The van der Waals surface area contributed by atoms with Crippen LogP contribution in [0.3, 0.4) is 0 Å². The summed E-state index contributed by atoms with van der Waals surface area (Å²) in [6.07, 6.45) is -0.0171. The Hall–Kier alpha value is -3.85. The molecule has 168 valence electrons. The minimum Gasteiger partial charge on any atom is -0.493 e. The zero-order chi connectivity index (χ0) is 23.4. The van der Waals surface area contributed by atoms with E-state index in [1.807, 2.05) is 0 Å². The smallest absolute Gasteiger partial charge is 0.410 e. The Bertz CT molecular complexity index is 1120. The molecule has 0 bridgehead atoms. The molecule has 2 amide bonds. The van der Waals surface area contributed by atoms with Crippen LogP contribution in [0.4, 0.5) is 15.5 Å². The van der Waals surface area contributed by atoms with Gasteiger partial charge in [-0.1, -0.05) is 0 Å². The zero-order valence-electron chi connectivity index (χ0n) is 17.6. The van der Waals surface area contributed by atoms with Gasteiger partial charge < -0.3 is 24.4 Å². The molecule has 32 heavy (non-hydrogen) atoms. The standard InChI is InChI=1S/C20H20N4O7S/c1-4-31-20(26)23-6-5-11-13(9-21)19(32-17(11)10-23)22-18(25)12-7-15(29-2)16(30-3)8-14(12)24(27)28/h7-8H,4-6,10H2,1-3H3,(H,22,25). The number of nitrogens with one attached hydrogen (secondary N) is 1. The first-order valence-corrected chi connectivity index (χ1v) is 10.3. The fourth-order valence-corrected chi connectivity index (χ4v) is 4.56. The number of rotatable bonds is 6. The molecular weight excluding hydrogens is 440 g/mol. The maximum absolute atomic E-state index is 12.9. The van der Waals surface area contributed by atoms with Gasteiger partial charge in [0, 0.05) is 17.5 Å². The third-order valence-electron chi connectivity index (χ3n) is 4.86. The van der Waals surface area contributed by atoms with Crippen LogP contribution in [0, 0.1) is 21.4 Å². The van der Waals surface area contributed by atoms with Crippen molar-refractivity contribution in [3.05, 3.63) is 43.8 Å². The lowest BCUT2D eigenvalue weighted by molar-refractivity contribution is -0.385. The molecule has 1 aromatic heterocycles. The van der Waals surface area contributed by atoms with Gasteiger partial charge in [-0.05, 0) is 18.9 Å². The maximum atomic E-state index is 12.9. The van der Waals surface area contributed by atoms with E-state index in [0.29, 0.717) is 13.0 Å². The Morgan fingerprint density at radius 1 is 1.31 bits per heavy atom. The Balaban J connectivity index is 1.94. The molecule has 3 rings (SSSR count). The average molecular weight is 460 g/mol. The van der Waals surface area contributed by atoms with Gasteiger partial charge in [-0.2, -0.15) is 5.26 Å². The van der Waals surface area contributed by atoms with Crippen LogP contribution in [0.1, 0.15) is 33.3 Å². The van der Waals surface area contributed by atoms with Gasteiger partial charge in [0.25, 0.3) is 11.6 Å². The number of nitro groups is 1. The van der Waals surface area contributed by atoms with Gasteiger partial charge in [-0.15, -0.1) is 11.3 Å². The van der Waals surface area contributed by atoms with Crippen LogP contribution in [0.25, 0.3) is 0 Å². The Morgan fingerprint density at radius 3 is 2.59 bits per heavy atom. The molecule has 2 aromatic rings. The second-order valence-electron chi connectivity index (χ2n) is 6.63. The highest BCUT2D eigenvalue weighted by Crippen LogP contribution is 2.39. The van der Waals surface area contributed by atoms with Gasteiger partial charge in [0.2, 0.25) is 0 Å². The fraction of sp³-hybridized carbons (Fsp3) is 0.350. The number of hydrogen-bond acceptors (Lipinski definition) is 9. The lowest BCUT2D eigenvalue weighted by Gasteiger charge is -2.25. The molecule has 0 saturated heterocycles. The number of hydrogen-bond donors (Lipinski definition) is 1. The number of methoxy groups -OCH3 is 2. The fourth-order valence-electron chi connectivity index (χ4n) is 3.35. The van der Waals surface area contributed by atoms with E-state index in [0.717, 1.165) is 27.8 Å².